The molecule has 15 heavy (non-hydrogen) atoms. The van der Waals surface area contributed by atoms with Crippen LogP contribution in [0.3, 0.4) is 0 Å². The van der Waals surface area contributed by atoms with Gasteiger partial charge in [-0.3, -0.25) is 0 Å². The normalized spacial score (nSPS) is 10.5. The largest absolute Gasteiger partial charge is 0.491 e. The molecule has 1 aromatic heterocycles. The van der Waals surface area contributed by atoms with Gasteiger partial charge >= 0.3 is 0 Å². The summed E-state index contributed by atoms with van der Waals surface area (Å²) in [4.78, 5) is 8.09. The third-order valence-corrected chi connectivity index (χ3v) is 2.04. The van der Waals surface area contributed by atoms with Crippen LogP contribution >= 0.6 is 0 Å². The molecule has 0 fully saturated rings. The molecule has 4 nitrogen and oxygen atoms in total. The maximum absolute atomic E-state index is 5.47. The Hall–Kier alpha value is -1.68. The highest BCUT2D eigenvalue weighted by atomic mass is 16.5. The van der Waals surface area contributed by atoms with E-state index in [-0.39, 0.29) is 0 Å². The van der Waals surface area contributed by atoms with Crippen molar-refractivity contribution in [3.63, 3.8) is 0 Å². The molecule has 0 spiro atoms. The highest BCUT2D eigenvalue weighted by Crippen LogP contribution is 2.17. The van der Waals surface area contributed by atoms with Gasteiger partial charge in [0.05, 0.1) is 12.1 Å². The molecule has 0 unspecified atom stereocenters. The van der Waals surface area contributed by atoms with E-state index in [4.69, 9.17) is 9.47 Å². The van der Waals surface area contributed by atoms with Crippen LogP contribution < -0.4 is 4.74 Å². The van der Waals surface area contributed by atoms with Crippen LogP contribution in [0.25, 0.3) is 10.9 Å². The molecule has 78 valence electrons. The molecule has 0 radical (unpaired) electrons. The fourth-order valence-electron chi connectivity index (χ4n) is 1.29. The lowest BCUT2D eigenvalue weighted by Gasteiger charge is -2.05. The third-order valence-electron chi connectivity index (χ3n) is 2.04. The number of aromatic nitrogens is 2. The molecule has 0 atom stereocenters. The Morgan fingerprint density at radius 2 is 2.20 bits per heavy atom. The van der Waals surface area contributed by atoms with Crippen molar-refractivity contribution < 1.29 is 9.47 Å². The third kappa shape index (κ3) is 2.41. The van der Waals surface area contributed by atoms with Crippen molar-refractivity contribution in [1.29, 1.82) is 0 Å². The number of benzene rings is 1. The average molecular weight is 204 g/mol. The van der Waals surface area contributed by atoms with Gasteiger partial charge in [0, 0.05) is 24.8 Å². The number of nitrogens with zero attached hydrogens (tertiary/aromatic N) is 2. The zero-order valence-corrected chi connectivity index (χ0v) is 8.51. The van der Waals surface area contributed by atoms with Gasteiger partial charge in [0.15, 0.2) is 0 Å². The van der Waals surface area contributed by atoms with E-state index in [1.807, 2.05) is 18.2 Å². The minimum atomic E-state index is 0.549. The molecular weight excluding hydrogens is 192 g/mol. The predicted octanol–water partition coefficient (Wildman–Crippen LogP) is 1.66. The molecule has 0 N–H and O–H groups in total. The molecule has 1 aromatic carbocycles. The fourth-order valence-corrected chi connectivity index (χ4v) is 1.29. The molecule has 2 aromatic rings. The highest BCUT2D eigenvalue weighted by Gasteiger charge is 1.97. The zero-order chi connectivity index (χ0) is 10.5. The van der Waals surface area contributed by atoms with Gasteiger partial charge < -0.3 is 9.47 Å². The summed E-state index contributed by atoms with van der Waals surface area (Å²) in [7, 11) is 1.65. The number of hydrogen-bond acceptors (Lipinski definition) is 4. The lowest BCUT2D eigenvalue weighted by Crippen LogP contribution is -2.04. The minimum absolute atomic E-state index is 0.549. The summed E-state index contributed by atoms with van der Waals surface area (Å²) in [6.07, 6.45) is 3.31. The lowest BCUT2D eigenvalue weighted by molar-refractivity contribution is 0.146. The molecule has 0 aliphatic rings. The SMILES string of the molecule is COCCOc1ccc2cncnc2c1. The van der Waals surface area contributed by atoms with Gasteiger partial charge in [-0.1, -0.05) is 0 Å². The maximum atomic E-state index is 5.47. The van der Waals surface area contributed by atoms with Crippen LogP contribution in [0.15, 0.2) is 30.7 Å². The van der Waals surface area contributed by atoms with Crippen LogP contribution in [-0.4, -0.2) is 30.3 Å². The highest BCUT2D eigenvalue weighted by molar-refractivity contribution is 5.78. The molecule has 0 saturated heterocycles. The summed E-state index contributed by atoms with van der Waals surface area (Å²) in [5.41, 5.74) is 0.889. The zero-order valence-electron chi connectivity index (χ0n) is 8.51. The number of fused-ring (bicyclic) bond motifs is 1. The first kappa shape index (κ1) is 9.86. The number of methoxy groups -OCH3 is 1. The molecule has 0 aliphatic heterocycles. The molecule has 4 heteroatoms. The molecule has 0 aliphatic carbocycles. The first-order valence-electron chi connectivity index (χ1n) is 4.71. The van der Waals surface area contributed by atoms with E-state index in [9.17, 15) is 0 Å². The summed E-state index contributed by atoms with van der Waals surface area (Å²) >= 11 is 0. The topological polar surface area (TPSA) is 44.2 Å². The molecule has 0 amide bonds. The van der Waals surface area contributed by atoms with Crippen molar-refractivity contribution in [3.05, 3.63) is 30.7 Å². The van der Waals surface area contributed by atoms with Crippen LogP contribution in [0, 0.1) is 0 Å². The second kappa shape index (κ2) is 4.70. The van der Waals surface area contributed by atoms with Crippen molar-refractivity contribution in [2.24, 2.45) is 0 Å². The van der Waals surface area contributed by atoms with Crippen LogP contribution in [0.5, 0.6) is 5.75 Å². The van der Waals surface area contributed by atoms with Gasteiger partial charge in [0.1, 0.15) is 18.7 Å². The smallest absolute Gasteiger partial charge is 0.121 e. The Balaban J connectivity index is 2.16. The van der Waals surface area contributed by atoms with E-state index in [0.29, 0.717) is 13.2 Å². The van der Waals surface area contributed by atoms with Gasteiger partial charge in [-0.05, 0) is 12.1 Å². The number of hydrogen-bond donors (Lipinski definition) is 0. The summed E-state index contributed by atoms with van der Waals surface area (Å²) in [6.45, 7) is 1.13. The minimum Gasteiger partial charge on any atom is -0.491 e. The summed E-state index contributed by atoms with van der Waals surface area (Å²) in [5, 5.41) is 1.01. The van der Waals surface area contributed by atoms with Gasteiger partial charge in [-0.25, -0.2) is 9.97 Å². The van der Waals surface area contributed by atoms with Crippen LogP contribution in [0.1, 0.15) is 0 Å². The summed E-state index contributed by atoms with van der Waals surface area (Å²) < 4.78 is 10.4. The lowest BCUT2D eigenvalue weighted by atomic mass is 10.2. The van der Waals surface area contributed by atoms with Gasteiger partial charge in [-0.2, -0.15) is 0 Å². The molecule has 0 saturated carbocycles. The van der Waals surface area contributed by atoms with Gasteiger partial charge in [0.2, 0.25) is 0 Å². The van der Waals surface area contributed by atoms with E-state index < -0.39 is 0 Å². The Bertz CT molecular complexity index is 445. The van der Waals surface area contributed by atoms with Crippen molar-refractivity contribution in [2.75, 3.05) is 20.3 Å². The summed E-state index contributed by atoms with van der Waals surface area (Å²) in [6, 6.07) is 5.74. The van der Waals surface area contributed by atoms with E-state index in [0.717, 1.165) is 16.7 Å². The summed E-state index contributed by atoms with van der Waals surface area (Å²) in [5.74, 6) is 0.804. The predicted molar refractivity (Wildman–Crippen MR) is 56.9 cm³/mol. The fraction of sp³-hybridized carbons (Fsp3) is 0.273. The molecule has 1 heterocycles. The second-order valence-corrected chi connectivity index (χ2v) is 3.08. The number of ether oxygens (including phenoxy) is 2. The van der Waals surface area contributed by atoms with E-state index in [2.05, 4.69) is 9.97 Å². The molecular formula is C11H12N2O2. The monoisotopic (exact) mass is 204 g/mol. The van der Waals surface area contributed by atoms with E-state index in [1.165, 1.54) is 6.33 Å². The first-order valence-corrected chi connectivity index (χ1v) is 4.71. The standard InChI is InChI=1S/C11H12N2O2/c1-14-4-5-15-10-3-2-9-7-12-8-13-11(9)6-10/h2-3,6-8H,4-5H2,1H3. The van der Waals surface area contributed by atoms with E-state index >= 15 is 0 Å². The molecule has 0 bridgehead atoms. The first-order chi connectivity index (χ1) is 7.40. The Morgan fingerprint density at radius 1 is 1.27 bits per heavy atom. The number of rotatable bonds is 4. The van der Waals surface area contributed by atoms with Crippen LogP contribution in [-0.2, 0) is 4.74 Å². The maximum Gasteiger partial charge on any atom is 0.121 e. The van der Waals surface area contributed by atoms with Crippen molar-refractivity contribution in [1.82, 2.24) is 9.97 Å². The Morgan fingerprint density at radius 3 is 3.07 bits per heavy atom. The Kier molecular flexibility index (Phi) is 3.09. The van der Waals surface area contributed by atoms with Gasteiger partial charge in [-0.15, -0.1) is 0 Å². The average Bonchev–Trinajstić information content (AvgIpc) is 2.29. The van der Waals surface area contributed by atoms with Crippen molar-refractivity contribution in [3.8, 4) is 5.75 Å². The quantitative estimate of drug-likeness (QED) is 0.710. The molecule has 2 rings (SSSR count). The Labute approximate surface area is 87.9 Å². The van der Waals surface area contributed by atoms with Crippen LogP contribution in [0.2, 0.25) is 0 Å². The van der Waals surface area contributed by atoms with Crippen molar-refractivity contribution in [2.45, 2.75) is 0 Å². The van der Waals surface area contributed by atoms with Crippen LogP contribution in [0.4, 0.5) is 0 Å². The van der Waals surface area contributed by atoms with Gasteiger partial charge in [0.25, 0.3) is 0 Å². The van der Waals surface area contributed by atoms with Crippen molar-refractivity contribution >= 4 is 10.9 Å². The second-order valence-electron chi connectivity index (χ2n) is 3.08. The van der Waals surface area contributed by atoms with E-state index in [1.54, 1.807) is 13.3 Å².